The molecule has 0 saturated heterocycles. The van der Waals surface area contributed by atoms with Crippen LogP contribution in [0.5, 0.6) is 0 Å². The molecule has 4 aliphatic carbocycles. The Hall–Kier alpha value is -4.07. The van der Waals surface area contributed by atoms with Crippen LogP contribution in [0.25, 0.3) is 22.1 Å². The summed E-state index contributed by atoms with van der Waals surface area (Å²) in [6.07, 6.45) is 16.0. The number of nitrogen functional groups attached to an aromatic ring is 2. The van der Waals surface area contributed by atoms with Crippen LogP contribution >= 0.6 is 79.6 Å². The van der Waals surface area contributed by atoms with Crippen molar-refractivity contribution in [1.29, 1.82) is 0 Å². The van der Waals surface area contributed by atoms with E-state index < -0.39 is 0 Å². The largest absolute Gasteiger partial charge is 0.384 e. The van der Waals surface area contributed by atoms with Gasteiger partial charge in [-0.3, -0.25) is 10.2 Å². The van der Waals surface area contributed by atoms with Crippen LogP contribution < -0.4 is 22.4 Å². The van der Waals surface area contributed by atoms with Gasteiger partial charge in [0.25, 0.3) is 0 Å². The molecule has 18 heteroatoms. The number of pyridine rings is 5. The quantitative estimate of drug-likeness (QED) is 0.0562. The van der Waals surface area contributed by atoms with Crippen molar-refractivity contribution in [3.8, 4) is 0 Å². The summed E-state index contributed by atoms with van der Waals surface area (Å²) in [7, 11) is 0. The van der Waals surface area contributed by atoms with Crippen LogP contribution in [0, 0.1) is 0 Å². The second kappa shape index (κ2) is 24.8. The van der Waals surface area contributed by atoms with Gasteiger partial charge in [0.2, 0.25) is 0 Å². The second-order valence-electron chi connectivity index (χ2n) is 14.9. The molecule has 330 valence electrons. The van der Waals surface area contributed by atoms with E-state index in [0.29, 0.717) is 17.4 Å². The topological polar surface area (TPSA) is 202 Å². The van der Waals surface area contributed by atoms with E-state index in [0.717, 1.165) is 85.1 Å². The molecular weight excluding hydrogens is 1120 g/mol. The predicted octanol–water partition coefficient (Wildman–Crippen LogP) is 12.5. The first-order chi connectivity index (χ1) is 30.5. The number of fused-ring (bicyclic) bond motifs is 6. The fraction of sp³-hybridized carbons (Fsp3) is 0.311. The van der Waals surface area contributed by atoms with E-state index in [9.17, 15) is 4.79 Å². The maximum absolute atomic E-state index is 10.2. The number of nitrogens with one attached hydrogen (secondary N) is 4. The Balaban J connectivity index is 0.000000129. The molecule has 0 aliphatic heterocycles. The van der Waals surface area contributed by atoms with Gasteiger partial charge in [0.1, 0.15) is 57.5 Å². The lowest BCUT2D eigenvalue weighted by Gasteiger charge is -2.00. The Bertz CT molecular complexity index is 2510. The number of aryl methyl sites for hydroxylation is 4. The van der Waals surface area contributed by atoms with Crippen molar-refractivity contribution in [3.05, 3.63) is 124 Å². The van der Waals surface area contributed by atoms with Gasteiger partial charge in [-0.2, -0.15) is 5.10 Å². The molecule has 0 spiro atoms. The standard InChI is InChI=1S/C10H12BrN3.C10H9BrN2.C10H11N3.C5H3Br2N.C5H6BrN3.C5H8O/c11-9-6-3-7-10(12-9)14-13-8-4-1-2-5-8;2*11-9-5-4-7-6-2-1-3-8(6)12-10(7)13-9;6-4-2-1-3-5(7)8-4;6-4-2-1-3-5(8-4)9-7;6-5-3-1-2-4-5/h3,6-7H,1-2,4-5H2,(H,12,14);4-5H,1-3H2,(H,12,13);4-5H,1-3H2,(H3,11,12,13);1-3H;1-3H,7H2,(H,8,9);1-4H2. The number of aromatic nitrogens is 7. The number of Topliss-reactive ketones (excluding diaryl/α,β-unsaturated/α-hetero) is 1. The number of halogens is 5. The molecule has 13 nitrogen and oxygen atoms in total. The van der Waals surface area contributed by atoms with E-state index in [1.54, 1.807) is 6.07 Å². The number of carbonyl (C=O) groups excluding carboxylic acids is 1. The summed E-state index contributed by atoms with van der Waals surface area (Å²) >= 11 is 16.3. The van der Waals surface area contributed by atoms with Gasteiger partial charge in [-0.1, -0.05) is 18.2 Å². The second-order valence-corrected chi connectivity index (χ2v) is 19.0. The maximum atomic E-state index is 10.2. The Morgan fingerprint density at radius 3 is 1.48 bits per heavy atom. The predicted molar refractivity (Wildman–Crippen MR) is 273 cm³/mol. The van der Waals surface area contributed by atoms with E-state index in [1.807, 2.05) is 60.7 Å². The van der Waals surface area contributed by atoms with Crippen molar-refractivity contribution in [2.45, 2.75) is 89.9 Å². The molecule has 0 atom stereocenters. The smallest absolute Gasteiger partial charge is 0.147 e. The number of carbonyl (C=O) groups is 1. The van der Waals surface area contributed by atoms with Crippen molar-refractivity contribution in [1.82, 2.24) is 34.9 Å². The van der Waals surface area contributed by atoms with Gasteiger partial charge in [-0.25, -0.2) is 30.8 Å². The molecule has 63 heavy (non-hydrogen) atoms. The Labute approximate surface area is 408 Å². The zero-order chi connectivity index (χ0) is 44.6. The highest BCUT2D eigenvalue weighted by Crippen LogP contribution is 2.30. The highest BCUT2D eigenvalue weighted by Gasteiger charge is 2.18. The SMILES string of the molecule is Brc1ccc2c3c([nH]c2n1)CCC3.Brc1cccc(Br)n1.Brc1cccc(NN=C2CCCC2)n1.NNc1cccc(Br)n1.Nc1ccc2c3c([nH]c2n1)CCC3.O=C1CCCC1. The lowest BCUT2D eigenvalue weighted by molar-refractivity contribution is -0.117. The number of rotatable bonds is 3. The first-order valence-corrected chi connectivity index (χ1v) is 24.8. The number of anilines is 3. The number of nitrogens with two attached hydrogens (primary N) is 2. The zero-order valence-electron chi connectivity index (χ0n) is 34.5. The maximum Gasteiger partial charge on any atom is 0.147 e. The summed E-state index contributed by atoms with van der Waals surface area (Å²) < 4.78 is 4.21. The fourth-order valence-corrected chi connectivity index (χ4v) is 9.30. The van der Waals surface area contributed by atoms with Crippen LogP contribution in [0.1, 0.15) is 86.7 Å². The molecule has 7 aromatic heterocycles. The lowest BCUT2D eigenvalue weighted by atomic mass is 10.2. The molecule has 2 fully saturated rings. The van der Waals surface area contributed by atoms with Gasteiger partial charge in [-0.05, 0) is 228 Å². The van der Waals surface area contributed by atoms with Crippen LogP contribution in [-0.2, 0) is 30.5 Å². The normalized spacial score (nSPS) is 14.3. The Morgan fingerprint density at radius 2 is 0.984 bits per heavy atom. The highest BCUT2D eigenvalue weighted by molar-refractivity contribution is 9.11. The van der Waals surface area contributed by atoms with Crippen LogP contribution in [-0.4, -0.2) is 46.4 Å². The number of hydrazine groups is 1. The molecule has 0 amide bonds. The summed E-state index contributed by atoms with van der Waals surface area (Å²) in [5.74, 6) is 7.58. The van der Waals surface area contributed by atoms with Crippen molar-refractivity contribution in [3.63, 3.8) is 0 Å². The molecule has 0 aromatic carbocycles. The minimum atomic E-state index is 0.454. The van der Waals surface area contributed by atoms with Gasteiger partial charge in [0.05, 0.1) is 0 Å². The number of hydrogen-bond donors (Lipinski definition) is 6. The molecule has 11 rings (SSSR count). The molecule has 8 N–H and O–H groups in total. The third-order valence-corrected chi connectivity index (χ3v) is 12.5. The highest BCUT2D eigenvalue weighted by atomic mass is 79.9. The van der Waals surface area contributed by atoms with Crippen molar-refractivity contribution in [2.24, 2.45) is 10.9 Å². The summed E-state index contributed by atoms with van der Waals surface area (Å²) in [6.45, 7) is 0. The van der Waals surface area contributed by atoms with Crippen LogP contribution in [0.4, 0.5) is 17.5 Å². The summed E-state index contributed by atoms with van der Waals surface area (Å²) in [5, 5.41) is 6.87. The monoisotopic (exact) mass is 1170 g/mol. The lowest BCUT2D eigenvalue weighted by Crippen LogP contribution is -2.07. The van der Waals surface area contributed by atoms with E-state index >= 15 is 0 Å². The molecule has 0 bridgehead atoms. The average molecular weight is 1170 g/mol. The molecule has 0 unspecified atom stereocenters. The first-order valence-electron chi connectivity index (χ1n) is 20.8. The summed E-state index contributed by atoms with van der Waals surface area (Å²) in [4.78, 5) is 37.8. The van der Waals surface area contributed by atoms with Crippen molar-refractivity contribution >= 4 is 131 Å². The van der Waals surface area contributed by atoms with E-state index in [4.69, 9.17) is 11.6 Å². The number of nitrogens with zero attached hydrogens (tertiary/aromatic N) is 6. The van der Waals surface area contributed by atoms with E-state index in [-0.39, 0.29) is 0 Å². The molecule has 0 radical (unpaired) electrons. The van der Waals surface area contributed by atoms with Crippen LogP contribution in [0.3, 0.4) is 0 Å². The van der Waals surface area contributed by atoms with Gasteiger partial charge in [-0.15, -0.1) is 0 Å². The first kappa shape index (κ1) is 48.4. The minimum absolute atomic E-state index is 0.454. The van der Waals surface area contributed by atoms with Gasteiger partial charge < -0.3 is 21.1 Å². The number of aromatic amines is 2. The van der Waals surface area contributed by atoms with Gasteiger partial charge >= 0.3 is 0 Å². The number of hydrogen-bond acceptors (Lipinski definition) is 11. The molecule has 7 heterocycles. The molecule has 7 aromatic rings. The average Bonchev–Trinajstić information content (AvgIpc) is 4.13. The Morgan fingerprint density at radius 1 is 0.508 bits per heavy atom. The van der Waals surface area contributed by atoms with E-state index in [2.05, 4.69) is 143 Å². The Kier molecular flexibility index (Phi) is 19.1. The minimum Gasteiger partial charge on any atom is -0.384 e. The molecule has 4 aliphatic rings. The number of H-pyrrole nitrogens is 2. The van der Waals surface area contributed by atoms with Crippen molar-refractivity contribution in [2.75, 3.05) is 16.6 Å². The van der Waals surface area contributed by atoms with Crippen LogP contribution in [0.15, 0.2) is 107 Å². The van der Waals surface area contributed by atoms with Gasteiger partial charge in [0.15, 0.2) is 0 Å². The van der Waals surface area contributed by atoms with Crippen LogP contribution in [0.2, 0.25) is 0 Å². The zero-order valence-corrected chi connectivity index (χ0v) is 42.5. The third-order valence-electron chi connectivity index (χ3n) is 10.3. The third kappa shape index (κ3) is 15.3. The molecular formula is C45H49Br5N12O. The number of ketones is 1. The number of hydrazone groups is 1. The molecule has 2 saturated carbocycles. The van der Waals surface area contributed by atoms with Gasteiger partial charge in [0, 0.05) is 40.7 Å². The van der Waals surface area contributed by atoms with E-state index in [1.165, 1.54) is 83.9 Å². The summed E-state index contributed by atoms with van der Waals surface area (Å²) in [5.41, 5.74) is 19.9. The summed E-state index contributed by atoms with van der Waals surface area (Å²) in [6, 6.07) is 25.0. The fourth-order valence-electron chi connectivity index (χ4n) is 7.37. The van der Waals surface area contributed by atoms with Crippen molar-refractivity contribution < 1.29 is 4.79 Å².